The molecule has 1 heterocycles. The molecule has 0 radical (unpaired) electrons. The number of hydrogen-bond acceptors (Lipinski definition) is 3. The molecule has 0 saturated heterocycles. The Morgan fingerprint density at radius 2 is 2.22 bits per heavy atom. The predicted molar refractivity (Wildman–Crippen MR) is 67.8 cm³/mol. The topological polar surface area (TPSA) is 53.1 Å². The largest absolute Gasteiger partial charge is 0.491 e. The molecule has 0 atom stereocenters. The first-order chi connectivity index (χ1) is 8.74. The monoisotopic (exact) mass is 249 g/mol. The van der Waals surface area contributed by atoms with Gasteiger partial charge in [0.2, 0.25) is 0 Å². The SMILES string of the molecule is CCOc1cc(-c2cnn(CCN)c2)ccc1F. The fourth-order valence-electron chi connectivity index (χ4n) is 1.72. The molecule has 96 valence electrons. The number of nitrogens with zero attached hydrogens (tertiary/aromatic N) is 2. The minimum Gasteiger partial charge on any atom is -0.491 e. The molecule has 0 aliphatic heterocycles. The van der Waals surface area contributed by atoms with Crippen LogP contribution in [0.4, 0.5) is 4.39 Å². The van der Waals surface area contributed by atoms with Gasteiger partial charge >= 0.3 is 0 Å². The Morgan fingerprint density at radius 1 is 1.39 bits per heavy atom. The first-order valence-electron chi connectivity index (χ1n) is 5.90. The zero-order valence-electron chi connectivity index (χ0n) is 10.3. The molecular weight excluding hydrogens is 233 g/mol. The Bertz CT molecular complexity index is 525. The first kappa shape index (κ1) is 12.6. The Morgan fingerprint density at radius 3 is 2.94 bits per heavy atom. The predicted octanol–water partition coefficient (Wildman–Crippen LogP) is 2.05. The maximum Gasteiger partial charge on any atom is 0.165 e. The molecule has 0 unspecified atom stereocenters. The molecular formula is C13H16FN3O. The van der Waals surface area contributed by atoms with E-state index in [1.165, 1.54) is 6.07 Å². The summed E-state index contributed by atoms with van der Waals surface area (Å²) < 4.78 is 20.4. The van der Waals surface area contributed by atoms with Gasteiger partial charge in [-0.1, -0.05) is 6.07 Å². The van der Waals surface area contributed by atoms with Crippen molar-refractivity contribution in [1.29, 1.82) is 0 Å². The van der Waals surface area contributed by atoms with Crippen LogP contribution < -0.4 is 10.5 Å². The molecule has 2 N–H and O–H groups in total. The van der Waals surface area contributed by atoms with Gasteiger partial charge in [-0.3, -0.25) is 4.68 Å². The molecule has 4 nitrogen and oxygen atoms in total. The molecule has 5 heteroatoms. The maximum absolute atomic E-state index is 13.4. The van der Waals surface area contributed by atoms with E-state index < -0.39 is 0 Å². The van der Waals surface area contributed by atoms with Crippen molar-refractivity contribution in [3.63, 3.8) is 0 Å². The summed E-state index contributed by atoms with van der Waals surface area (Å²) in [5, 5.41) is 4.18. The van der Waals surface area contributed by atoms with E-state index in [1.807, 2.05) is 13.1 Å². The normalized spacial score (nSPS) is 10.6. The molecule has 0 spiro atoms. The van der Waals surface area contributed by atoms with Crippen LogP contribution in [-0.4, -0.2) is 22.9 Å². The van der Waals surface area contributed by atoms with Gasteiger partial charge in [0, 0.05) is 18.3 Å². The van der Waals surface area contributed by atoms with Crippen molar-refractivity contribution in [3.8, 4) is 16.9 Å². The fraction of sp³-hybridized carbons (Fsp3) is 0.308. The van der Waals surface area contributed by atoms with Crippen molar-refractivity contribution in [3.05, 3.63) is 36.4 Å². The van der Waals surface area contributed by atoms with Crippen LogP contribution in [0.1, 0.15) is 6.92 Å². The highest BCUT2D eigenvalue weighted by Crippen LogP contribution is 2.26. The van der Waals surface area contributed by atoms with Crippen LogP contribution in [0.15, 0.2) is 30.6 Å². The molecule has 0 amide bonds. The number of halogens is 1. The van der Waals surface area contributed by atoms with E-state index >= 15 is 0 Å². The summed E-state index contributed by atoms with van der Waals surface area (Å²) in [6, 6.07) is 4.80. The average Bonchev–Trinajstić information content (AvgIpc) is 2.81. The quantitative estimate of drug-likeness (QED) is 0.882. The van der Waals surface area contributed by atoms with Gasteiger partial charge in [-0.25, -0.2) is 4.39 Å². The van der Waals surface area contributed by atoms with Gasteiger partial charge in [-0.15, -0.1) is 0 Å². The second-order valence-electron chi connectivity index (χ2n) is 3.86. The average molecular weight is 249 g/mol. The molecule has 0 bridgehead atoms. The summed E-state index contributed by atoms with van der Waals surface area (Å²) in [6.07, 6.45) is 3.62. The second kappa shape index (κ2) is 5.64. The molecule has 0 aliphatic carbocycles. The lowest BCUT2D eigenvalue weighted by Crippen LogP contribution is -2.09. The highest BCUT2D eigenvalue weighted by atomic mass is 19.1. The van der Waals surface area contributed by atoms with E-state index in [0.29, 0.717) is 19.7 Å². The van der Waals surface area contributed by atoms with E-state index in [0.717, 1.165) is 11.1 Å². The third-order valence-electron chi connectivity index (χ3n) is 2.56. The van der Waals surface area contributed by atoms with Gasteiger partial charge in [0.05, 0.1) is 19.3 Å². The lowest BCUT2D eigenvalue weighted by atomic mass is 10.1. The zero-order valence-corrected chi connectivity index (χ0v) is 10.3. The molecule has 1 aromatic heterocycles. The van der Waals surface area contributed by atoms with Crippen molar-refractivity contribution in [2.45, 2.75) is 13.5 Å². The summed E-state index contributed by atoms with van der Waals surface area (Å²) in [7, 11) is 0. The van der Waals surface area contributed by atoms with Gasteiger partial charge in [-0.2, -0.15) is 5.10 Å². The van der Waals surface area contributed by atoms with Crippen LogP contribution in [0.2, 0.25) is 0 Å². The molecule has 2 rings (SSSR count). The Kier molecular flexibility index (Phi) is 3.94. The number of hydrogen-bond donors (Lipinski definition) is 1. The molecule has 0 fully saturated rings. The van der Waals surface area contributed by atoms with Gasteiger partial charge < -0.3 is 10.5 Å². The molecule has 2 aromatic rings. The first-order valence-corrected chi connectivity index (χ1v) is 5.90. The standard InChI is InChI=1S/C13H16FN3O/c1-2-18-13-7-10(3-4-12(13)14)11-8-16-17(9-11)6-5-15/h3-4,7-9H,2,5-6,15H2,1H3. The van der Waals surface area contributed by atoms with Crippen molar-refractivity contribution >= 4 is 0 Å². The molecule has 0 aliphatic rings. The van der Waals surface area contributed by atoms with Gasteiger partial charge in [0.1, 0.15) is 0 Å². The van der Waals surface area contributed by atoms with Gasteiger partial charge in [0.15, 0.2) is 11.6 Å². The van der Waals surface area contributed by atoms with Crippen LogP contribution in [0.25, 0.3) is 11.1 Å². The minimum atomic E-state index is -0.352. The third kappa shape index (κ3) is 2.68. The van der Waals surface area contributed by atoms with E-state index in [9.17, 15) is 4.39 Å². The van der Waals surface area contributed by atoms with Crippen LogP contribution in [0, 0.1) is 5.82 Å². The van der Waals surface area contributed by atoms with Gasteiger partial charge in [-0.05, 0) is 24.6 Å². The second-order valence-corrected chi connectivity index (χ2v) is 3.86. The lowest BCUT2D eigenvalue weighted by Gasteiger charge is -2.06. The lowest BCUT2D eigenvalue weighted by molar-refractivity contribution is 0.322. The van der Waals surface area contributed by atoms with E-state index in [4.69, 9.17) is 10.5 Å². The molecule has 18 heavy (non-hydrogen) atoms. The Hall–Kier alpha value is -1.88. The van der Waals surface area contributed by atoms with Crippen LogP contribution in [0.5, 0.6) is 5.75 Å². The summed E-state index contributed by atoms with van der Waals surface area (Å²) >= 11 is 0. The smallest absolute Gasteiger partial charge is 0.165 e. The Balaban J connectivity index is 2.28. The third-order valence-corrected chi connectivity index (χ3v) is 2.56. The van der Waals surface area contributed by atoms with E-state index in [-0.39, 0.29) is 11.6 Å². The van der Waals surface area contributed by atoms with Crippen molar-refractivity contribution in [1.82, 2.24) is 9.78 Å². The number of aromatic nitrogens is 2. The van der Waals surface area contributed by atoms with Crippen LogP contribution in [-0.2, 0) is 6.54 Å². The summed E-state index contributed by atoms with van der Waals surface area (Å²) in [5.41, 5.74) is 7.26. The fourth-order valence-corrected chi connectivity index (χ4v) is 1.72. The van der Waals surface area contributed by atoms with Crippen LogP contribution in [0.3, 0.4) is 0 Å². The zero-order chi connectivity index (χ0) is 13.0. The number of benzene rings is 1. The summed E-state index contributed by atoms with van der Waals surface area (Å²) in [4.78, 5) is 0. The van der Waals surface area contributed by atoms with Crippen molar-refractivity contribution < 1.29 is 9.13 Å². The van der Waals surface area contributed by atoms with Crippen molar-refractivity contribution in [2.75, 3.05) is 13.2 Å². The van der Waals surface area contributed by atoms with E-state index in [2.05, 4.69) is 5.10 Å². The molecule has 1 aromatic carbocycles. The highest BCUT2D eigenvalue weighted by Gasteiger charge is 2.07. The minimum absolute atomic E-state index is 0.265. The maximum atomic E-state index is 13.4. The summed E-state index contributed by atoms with van der Waals surface area (Å²) in [6.45, 7) is 3.46. The van der Waals surface area contributed by atoms with E-state index in [1.54, 1.807) is 23.0 Å². The van der Waals surface area contributed by atoms with Crippen LogP contribution >= 0.6 is 0 Å². The highest BCUT2D eigenvalue weighted by molar-refractivity contribution is 5.63. The van der Waals surface area contributed by atoms with Crippen molar-refractivity contribution in [2.24, 2.45) is 5.73 Å². The van der Waals surface area contributed by atoms with Gasteiger partial charge in [0.25, 0.3) is 0 Å². The number of ether oxygens (including phenoxy) is 1. The number of nitrogens with two attached hydrogens (primary N) is 1. The Labute approximate surface area is 105 Å². The number of rotatable bonds is 5. The molecule has 0 saturated carbocycles. The summed E-state index contributed by atoms with van der Waals surface area (Å²) in [5.74, 6) is -0.0866.